The largest absolute Gasteiger partial charge is 0.399 e. The van der Waals surface area contributed by atoms with E-state index in [0.717, 1.165) is 32.1 Å². The van der Waals surface area contributed by atoms with E-state index in [0.29, 0.717) is 21.0 Å². The van der Waals surface area contributed by atoms with Gasteiger partial charge >= 0.3 is 0 Å². The maximum absolute atomic E-state index is 12.6. The third kappa shape index (κ3) is 3.14. The smallest absolute Gasteiger partial charge is 0.182 e. The molecule has 1 aromatic rings. The molecule has 0 spiro atoms. The number of halogens is 1. The van der Waals surface area contributed by atoms with E-state index in [1.54, 1.807) is 18.2 Å². The van der Waals surface area contributed by atoms with Gasteiger partial charge in [0.2, 0.25) is 0 Å². The van der Waals surface area contributed by atoms with Crippen LogP contribution in [0.1, 0.15) is 39.0 Å². The van der Waals surface area contributed by atoms with Crippen LogP contribution in [0.5, 0.6) is 0 Å². The van der Waals surface area contributed by atoms with Crippen molar-refractivity contribution < 1.29 is 8.42 Å². The van der Waals surface area contributed by atoms with Crippen LogP contribution in [0.15, 0.2) is 27.6 Å². The second-order valence-corrected chi connectivity index (χ2v) is 8.34. The minimum Gasteiger partial charge on any atom is -0.399 e. The molecular formula is C14H20BrNO2S. The van der Waals surface area contributed by atoms with Gasteiger partial charge in [-0.3, -0.25) is 0 Å². The molecule has 19 heavy (non-hydrogen) atoms. The molecular weight excluding hydrogens is 326 g/mol. The fourth-order valence-corrected chi connectivity index (χ4v) is 5.69. The Bertz CT molecular complexity index is 549. The quantitative estimate of drug-likeness (QED) is 0.848. The summed E-state index contributed by atoms with van der Waals surface area (Å²) in [5, 5.41) is -0.241. The summed E-state index contributed by atoms with van der Waals surface area (Å²) in [6.45, 7) is 2.18. The van der Waals surface area contributed by atoms with Crippen LogP contribution in [0.2, 0.25) is 0 Å². The van der Waals surface area contributed by atoms with E-state index in [-0.39, 0.29) is 5.25 Å². The molecule has 3 nitrogen and oxygen atoms in total. The zero-order valence-corrected chi connectivity index (χ0v) is 13.5. The van der Waals surface area contributed by atoms with Gasteiger partial charge in [-0.2, -0.15) is 0 Å². The van der Waals surface area contributed by atoms with Crippen LogP contribution in [0, 0.1) is 5.92 Å². The third-order valence-electron chi connectivity index (χ3n) is 4.07. The molecule has 0 unspecified atom stereocenters. The molecule has 1 aliphatic carbocycles. The first-order valence-corrected chi connectivity index (χ1v) is 9.08. The highest BCUT2D eigenvalue weighted by Crippen LogP contribution is 2.35. The number of anilines is 1. The summed E-state index contributed by atoms with van der Waals surface area (Å²) in [7, 11) is -3.24. The van der Waals surface area contributed by atoms with Gasteiger partial charge in [-0.05, 0) is 65.7 Å². The molecule has 1 fully saturated rings. The lowest BCUT2D eigenvalue weighted by Crippen LogP contribution is -2.27. The van der Waals surface area contributed by atoms with Crippen LogP contribution < -0.4 is 5.73 Å². The van der Waals surface area contributed by atoms with Crippen molar-refractivity contribution in [2.75, 3.05) is 5.73 Å². The number of nitrogen functional groups attached to an aromatic ring is 1. The maximum Gasteiger partial charge on any atom is 0.182 e. The summed E-state index contributed by atoms with van der Waals surface area (Å²) < 4.78 is 25.9. The van der Waals surface area contributed by atoms with E-state index in [1.165, 1.54) is 0 Å². The van der Waals surface area contributed by atoms with Crippen molar-refractivity contribution in [3.63, 3.8) is 0 Å². The minimum atomic E-state index is -3.24. The van der Waals surface area contributed by atoms with Gasteiger partial charge < -0.3 is 5.73 Å². The highest BCUT2D eigenvalue weighted by atomic mass is 79.9. The predicted octanol–water partition coefficient (Wildman–Crippen LogP) is 3.77. The Labute approximate surface area is 123 Å². The summed E-state index contributed by atoms with van der Waals surface area (Å²) in [4.78, 5) is 0.377. The topological polar surface area (TPSA) is 60.2 Å². The fraction of sp³-hybridized carbons (Fsp3) is 0.571. The Hall–Kier alpha value is -0.550. The molecule has 0 bridgehead atoms. The van der Waals surface area contributed by atoms with E-state index >= 15 is 0 Å². The van der Waals surface area contributed by atoms with Crippen molar-refractivity contribution in [3.8, 4) is 0 Å². The first-order chi connectivity index (χ1) is 8.95. The Balaban J connectivity index is 2.23. The van der Waals surface area contributed by atoms with Crippen LogP contribution in [0.25, 0.3) is 0 Å². The zero-order chi connectivity index (χ0) is 14.0. The number of hydrogen-bond donors (Lipinski definition) is 1. The van der Waals surface area contributed by atoms with Gasteiger partial charge in [-0.1, -0.05) is 13.3 Å². The molecule has 2 N–H and O–H groups in total. The van der Waals surface area contributed by atoms with Gasteiger partial charge in [0.15, 0.2) is 9.84 Å². The summed E-state index contributed by atoms with van der Waals surface area (Å²) in [5.74, 6) is 0.696. The summed E-state index contributed by atoms with van der Waals surface area (Å²) in [5.41, 5.74) is 6.23. The summed E-state index contributed by atoms with van der Waals surface area (Å²) in [6, 6.07) is 4.92. The van der Waals surface area contributed by atoms with Crippen LogP contribution >= 0.6 is 15.9 Å². The average molecular weight is 346 g/mol. The molecule has 0 saturated heterocycles. The third-order valence-corrected chi connectivity index (χ3v) is 7.31. The van der Waals surface area contributed by atoms with E-state index in [9.17, 15) is 8.42 Å². The predicted molar refractivity (Wildman–Crippen MR) is 81.8 cm³/mol. The van der Waals surface area contributed by atoms with E-state index in [1.807, 2.05) is 0 Å². The standard InChI is InChI=1S/C14H20BrNO2S/c1-2-10-3-6-12(7-4-10)19(17,18)14-8-5-11(16)9-13(14)15/h5,8-10,12H,2-4,6-7,16H2,1H3. The van der Waals surface area contributed by atoms with Crippen molar-refractivity contribution in [2.45, 2.75) is 49.2 Å². The maximum atomic E-state index is 12.6. The van der Waals surface area contributed by atoms with Crippen LogP contribution in [-0.4, -0.2) is 13.7 Å². The van der Waals surface area contributed by atoms with Gasteiger partial charge in [0.1, 0.15) is 0 Å². The number of nitrogens with two attached hydrogens (primary N) is 1. The minimum absolute atomic E-state index is 0.241. The Morgan fingerprint density at radius 2 is 1.89 bits per heavy atom. The van der Waals surface area contributed by atoms with E-state index < -0.39 is 9.84 Å². The Kier molecular flexibility index (Phi) is 4.56. The van der Waals surface area contributed by atoms with Crippen LogP contribution in [0.3, 0.4) is 0 Å². The molecule has 0 atom stereocenters. The molecule has 0 aromatic heterocycles. The first kappa shape index (κ1) is 14.9. The normalized spacial score (nSPS) is 24.3. The summed E-state index contributed by atoms with van der Waals surface area (Å²) >= 11 is 3.32. The molecule has 0 radical (unpaired) electrons. The van der Waals surface area contributed by atoms with Crippen molar-refractivity contribution in [2.24, 2.45) is 5.92 Å². The highest BCUT2D eigenvalue weighted by molar-refractivity contribution is 9.10. The SMILES string of the molecule is CCC1CCC(S(=O)(=O)c2ccc(N)cc2Br)CC1. The molecule has 2 rings (SSSR count). The molecule has 0 heterocycles. The lowest BCUT2D eigenvalue weighted by molar-refractivity contribution is 0.348. The van der Waals surface area contributed by atoms with Crippen molar-refractivity contribution in [3.05, 3.63) is 22.7 Å². The molecule has 0 amide bonds. The highest BCUT2D eigenvalue weighted by Gasteiger charge is 2.32. The first-order valence-electron chi connectivity index (χ1n) is 6.74. The number of sulfone groups is 1. The summed E-state index contributed by atoms with van der Waals surface area (Å²) in [6.07, 6.45) is 4.74. The lowest BCUT2D eigenvalue weighted by atomic mass is 9.87. The van der Waals surface area contributed by atoms with Crippen molar-refractivity contribution in [1.82, 2.24) is 0 Å². The van der Waals surface area contributed by atoms with Gasteiger partial charge in [0, 0.05) is 10.2 Å². The molecule has 1 aliphatic rings. The molecule has 1 saturated carbocycles. The average Bonchev–Trinajstić information content (AvgIpc) is 2.38. The van der Waals surface area contributed by atoms with Gasteiger partial charge in [-0.25, -0.2) is 8.42 Å². The molecule has 106 valence electrons. The molecule has 0 aliphatic heterocycles. The van der Waals surface area contributed by atoms with Crippen LogP contribution in [0.4, 0.5) is 5.69 Å². The number of rotatable bonds is 3. The second kappa shape index (κ2) is 5.83. The van der Waals surface area contributed by atoms with Crippen molar-refractivity contribution >= 4 is 31.5 Å². The number of hydrogen-bond acceptors (Lipinski definition) is 3. The molecule has 5 heteroatoms. The van der Waals surface area contributed by atoms with E-state index in [2.05, 4.69) is 22.9 Å². The number of benzene rings is 1. The second-order valence-electron chi connectivity index (χ2n) is 5.29. The van der Waals surface area contributed by atoms with Crippen molar-refractivity contribution in [1.29, 1.82) is 0 Å². The molecule has 1 aromatic carbocycles. The zero-order valence-electron chi connectivity index (χ0n) is 11.1. The van der Waals surface area contributed by atoms with Gasteiger partial charge in [0.25, 0.3) is 0 Å². The van der Waals surface area contributed by atoms with Gasteiger partial charge in [0.05, 0.1) is 10.1 Å². The fourth-order valence-electron chi connectivity index (χ4n) is 2.78. The van der Waals surface area contributed by atoms with Crippen LogP contribution in [-0.2, 0) is 9.84 Å². The lowest BCUT2D eigenvalue weighted by Gasteiger charge is -2.27. The Morgan fingerprint density at radius 1 is 1.26 bits per heavy atom. The Morgan fingerprint density at radius 3 is 2.42 bits per heavy atom. The van der Waals surface area contributed by atoms with E-state index in [4.69, 9.17) is 5.73 Å². The monoisotopic (exact) mass is 345 g/mol. The van der Waals surface area contributed by atoms with Gasteiger partial charge in [-0.15, -0.1) is 0 Å².